The molecule has 1 saturated carbocycles. The first kappa shape index (κ1) is 15.7. The molecule has 0 aliphatic heterocycles. The molecule has 21 heavy (non-hydrogen) atoms. The Morgan fingerprint density at radius 3 is 2.62 bits per heavy atom. The fourth-order valence-electron chi connectivity index (χ4n) is 3.03. The van der Waals surface area contributed by atoms with Crippen molar-refractivity contribution in [3.8, 4) is 0 Å². The third-order valence-corrected chi connectivity index (χ3v) is 4.43. The Morgan fingerprint density at radius 2 is 2.10 bits per heavy atom. The molecule has 1 N–H and O–H groups in total. The lowest BCUT2D eigenvalue weighted by Crippen LogP contribution is -2.31. The number of aromatic nitrogens is 2. The van der Waals surface area contributed by atoms with Crippen molar-refractivity contribution in [3.05, 3.63) is 27.4 Å². The van der Waals surface area contributed by atoms with E-state index in [2.05, 4.69) is 11.9 Å². The predicted molar refractivity (Wildman–Crippen MR) is 80.6 cm³/mol. The zero-order chi connectivity index (χ0) is 15.6. The van der Waals surface area contributed by atoms with Crippen molar-refractivity contribution in [2.75, 3.05) is 0 Å². The molecule has 5 nitrogen and oxygen atoms in total. The molecular weight excluding hydrogens is 268 g/mol. The van der Waals surface area contributed by atoms with Gasteiger partial charge in [-0.25, -0.2) is 4.79 Å². The maximum absolute atomic E-state index is 12.3. The molecule has 1 aliphatic carbocycles. The Hall–Kier alpha value is -1.65. The molecule has 1 aromatic heterocycles. The van der Waals surface area contributed by atoms with Gasteiger partial charge in [0.15, 0.2) is 0 Å². The molecule has 0 aromatic carbocycles. The first-order valence-corrected chi connectivity index (χ1v) is 7.74. The summed E-state index contributed by atoms with van der Waals surface area (Å²) in [6, 6.07) is 0.182. The number of hydrogen-bond donors (Lipinski definition) is 1. The molecule has 1 aliphatic rings. The van der Waals surface area contributed by atoms with Gasteiger partial charge in [-0.05, 0) is 44.6 Å². The van der Waals surface area contributed by atoms with Crippen LogP contribution in [0.3, 0.4) is 0 Å². The molecule has 1 aromatic rings. The van der Waals surface area contributed by atoms with Gasteiger partial charge in [-0.3, -0.25) is 9.36 Å². The van der Waals surface area contributed by atoms with E-state index in [1.807, 2.05) is 6.92 Å². The van der Waals surface area contributed by atoms with Crippen molar-refractivity contribution in [3.63, 3.8) is 0 Å². The van der Waals surface area contributed by atoms with E-state index in [0.29, 0.717) is 12.1 Å². The van der Waals surface area contributed by atoms with Crippen LogP contribution in [0.2, 0.25) is 0 Å². The zero-order valence-corrected chi connectivity index (χ0v) is 13.1. The summed E-state index contributed by atoms with van der Waals surface area (Å²) in [5.41, 5.74) is 2.26. The molecule has 5 heteroatoms. The molecule has 0 bridgehead atoms. The Balaban J connectivity index is 2.36. The van der Waals surface area contributed by atoms with Gasteiger partial charge in [0.25, 0.3) is 0 Å². The summed E-state index contributed by atoms with van der Waals surface area (Å²) in [6.45, 7) is 5.80. The molecular formula is C16H24N2O3. The van der Waals surface area contributed by atoms with Crippen LogP contribution in [0.1, 0.15) is 62.0 Å². The fourth-order valence-corrected chi connectivity index (χ4v) is 3.03. The van der Waals surface area contributed by atoms with Crippen molar-refractivity contribution in [1.82, 2.24) is 9.55 Å². The number of carbonyl (C=O) groups is 1. The maximum atomic E-state index is 12.3. The third kappa shape index (κ3) is 3.71. The highest BCUT2D eigenvalue weighted by molar-refractivity contribution is 5.67. The van der Waals surface area contributed by atoms with Crippen LogP contribution >= 0.6 is 0 Å². The second-order valence-corrected chi connectivity index (χ2v) is 6.05. The van der Waals surface area contributed by atoms with Crippen LogP contribution in [0.15, 0.2) is 4.79 Å². The predicted octanol–water partition coefficient (Wildman–Crippen LogP) is 2.63. The van der Waals surface area contributed by atoms with Crippen LogP contribution in [0.4, 0.5) is 0 Å². The van der Waals surface area contributed by atoms with Crippen molar-refractivity contribution >= 4 is 5.97 Å². The molecule has 1 atom stereocenters. The van der Waals surface area contributed by atoms with Gasteiger partial charge in [-0.2, -0.15) is 4.98 Å². The van der Waals surface area contributed by atoms with Gasteiger partial charge in [-0.1, -0.05) is 19.8 Å². The molecule has 1 fully saturated rings. The number of hydrogen-bond acceptors (Lipinski definition) is 3. The minimum absolute atomic E-state index is 0.0704. The second-order valence-electron chi connectivity index (χ2n) is 6.05. The smallest absolute Gasteiger partial charge is 0.348 e. The monoisotopic (exact) mass is 292 g/mol. The summed E-state index contributed by atoms with van der Waals surface area (Å²) in [4.78, 5) is 27.2. The highest BCUT2D eigenvalue weighted by Gasteiger charge is 2.27. The van der Waals surface area contributed by atoms with Crippen LogP contribution in [-0.2, 0) is 11.2 Å². The van der Waals surface area contributed by atoms with Gasteiger partial charge in [0.2, 0.25) is 0 Å². The second kappa shape index (κ2) is 6.41. The van der Waals surface area contributed by atoms with E-state index in [1.54, 1.807) is 11.5 Å². The lowest BCUT2D eigenvalue weighted by Gasteiger charge is -2.23. The van der Waals surface area contributed by atoms with E-state index in [1.165, 1.54) is 12.8 Å². The molecule has 116 valence electrons. The van der Waals surface area contributed by atoms with Crippen LogP contribution in [0, 0.1) is 19.8 Å². The Morgan fingerprint density at radius 1 is 1.43 bits per heavy atom. The first-order valence-electron chi connectivity index (χ1n) is 7.74. The van der Waals surface area contributed by atoms with E-state index in [-0.39, 0.29) is 18.2 Å². The molecule has 0 spiro atoms. The largest absolute Gasteiger partial charge is 0.481 e. The van der Waals surface area contributed by atoms with Crippen LogP contribution in [0.25, 0.3) is 0 Å². The lowest BCUT2D eigenvalue weighted by molar-refractivity contribution is -0.136. The summed E-state index contributed by atoms with van der Waals surface area (Å²) in [5.74, 6) is -0.0819. The minimum atomic E-state index is -0.823. The van der Waals surface area contributed by atoms with E-state index in [4.69, 9.17) is 5.11 Å². The highest BCUT2D eigenvalue weighted by Crippen LogP contribution is 2.38. The highest BCUT2D eigenvalue weighted by atomic mass is 16.4. The van der Waals surface area contributed by atoms with E-state index >= 15 is 0 Å². The van der Waals surface area contributed by atoms with Crippen LogP contribution < -0.4 is 5.69 Å². The Labute approximate surface area is 125 Å². The van der Waals surface area contributed by atoms with E-state index in [0.717, 1.165) is 30.0 Å². The van der Waals surface area contributed by atoms with Gasteiger partial charge in [0.1, 0.15) is 0 Å². The molecule has 0 amide bonds. The summed E-state index contributed by atoms with van der Waals surface area (Å²) >= 11 is 0. The summed E-state index contributed by atoms with van der Waals surface area (Å²) in [6.07, 6.45) is 4.95. The molecule has 0 radical (unpaired) electrons. The molecule has 1 heterocycles. The van der Waals surface area contributed by atoms with E-state index < -0.39 is 5.97 Å². The van der Waals surface area contributed by atoms with Gasteiger partial charge in [-0.15, -0.1) is 0 Å². The van der Waals surface area contributed by atoms with E-state index in [9.17, 15) is 9.59 Å². The third-order valence-electron chi connectivity index (χ3n) is 4.43. The lowest BCUT2D eigenvalue weighted by atomic mass is 10.0. The minimum Gasteiger partial charge on any atom is -0.481 e. The number of carboxylic acid groups (broad SMARTS) is 1. The molecule has 2 rings (SSSR count). The van der Waals surface area contributed by atoms with Gasteiger partial charge in [0.05, 0.1) is 0 Å². The van der Waals surface area contributed by atoms with Crippen molar-refractivity contribution in [2.45, 2.75) is 65.3 Å². The Bertz CT molecular complexity index is 588. The zero-order valence-electron chi connectivity index (χ0n) is 13.1. The topological polar surface area (TPSA) is 72.2 Å². The first-order chi connectivity index (χ1) is 9.93. The van der Waals surface area contributed by atoms with Gasteiger partial charge in [0, 0.05) is 23.9 Å². The van der Waals surface area contributed by atoms with Gasteiger partial charge >= 0.3 is 11.7 Å². The number of rotatable bonds is 7. The number of aryl methyl sites for hydroxylation is 1. The quantitative estimate of drug-likeness (QED) is 0.838. The standard InChI is InChI=1S/C16H24N2O3/c1-4-13(9-12-5-6-12)18-11(3)14(7-8-15(19)20)10(2)17-16(18)21/h12-13H,4-9H2,1-3H3,(H,19,20). The summed E-state index contributed by atoms with van der Waals surface area (Å²) < 4.78 is 1.79. The summed E-state index contributed by atoms with van der Waals surface area (Å²) in [5, 5.41) is 8.87. The Kier molecular flexibility index (Phi) is 4.80. The number of carboxylic acids is 1. The van der Waals surface area contributed by atoms with Crippen molar-refractivity contribution < 1.29 is 9.90 Å². The van der Waals surface area contributed by atoms with Crippen LogP contribution in [0.5, 0.6) is 0 Å². The average Bonchev–Trinajstić information content (AvgIpc) is 3.20. The normalized spacial score (nSPS) is 16.0. The van der Waals surface area contributed by atoms with Gasteiger partial charge < -0.3 is 5.11 Å². The SMILES string of the molecule is CCC(CC1CC1)n1c(C)c(CCC(=O)O)c(C)nc1=O. The summed E-state index contributed by atoms with van der Waals surface area (Å²) in [7, 11) is 0. The van der Waals surface area contributed by atoms with Crippen LogP contribution in [-0.4, -0.2) is 20.6 Å². The molecule has 1 unspecified atom stereocenters. The van der Waals surface area contributed by atoms with Crippen molar-refractivity contribution in [1.29, 1.82) is 0 Å². The number of nitrogens with zero attached hydrogens (tertiary/aromatic N) is 2. The number of aliphatic carboxylic acids is 1. The maximum Gasteiger partial charge on any atom is 0.348 e. The average molecular weight is 292 g/mol. The van der Waals surface area contributed by atoms with Crippen molar-refractivity contribution in [2.24, 2.45) is 5.92 Å². The fraction of sp³-hybridized carbons (Fsp3) is 0.688. The molecule has 0 saturated heterocycles.